The maximum Gasteiger partial charge on any atom is 0.128 e. The van der Waals surface area contributed by atoms with Crippen LogP contribution in [0, 0.1) is 5.82 Å². The van der Waals surface area contributed by atoms with Gasteiger partial charge in [0.1, 0.15) is 5.82 Å². The average Bonchev–Trinajstić information content (AvgIpc) is 2.81. The van der Waals surface area contributed by atoms with Crippen LogP contribution in [0.4, 0.5) is 4.39 Å². The lowest BCUT2D eigenvalue weighted by molar-refractivity contribution is 0.587. The zero-order valence-electron chi connectivity index (χ0n) is 11.3. The minimum absolute atomic E-state index is 0.192. The minimum atomic E-state index is -0.192. The zero-order valence-corrected chi connectivity index (χ0v) is 11.3. The molecule has 3 aromatic rings. The summed E-state index contributed by atoms with van der Waals surface area (Å²) in [5, 5.41) is 8.83. The maximum absolute atomic E-state index is 13.8. The molecule has 1 heterocycles. The summed E-state index contributed by atoms with van der Waals surface area (Å²) in [5.74, 6) is -0.192. The molecule has 0 saturated carbocycles. The van der Waals surface area contributed by atoms with Crippen LogP contribution in [-0.2, 0) is 13.1 Å². The number of hydrogen-bond acceptors (Lipinski definition) is 2. The van der Waals surface area contributed by atoms with E-state index in [9.17, 15) is 4.39 Å². The van der Waals surface area contributed by atoms with Gasteiger partial charge in [0.25, 0.3) is 0 Å². The minimum Gasteiger partial charge on any atom is -0.314 e. The molecule has 2 aromatic carbocycles. The van der Waals surface area contributed by atoms with E-state index in [-0.39, 0.29) is 5.82 Å². The second-order valence-electron chi connectivity index (χ2n) is 4.74. The van der Waals surface area contributed by atoms with Crippen LogP contribution < -0.4 is 5.32 Å². The summed E-state index contributed by atoms with van der Waals surface area (Å²) in [6.45, 7) is 1.14. The number of aromatic nitrogens is 2. The predicted octanol–water partition coefficient (Wildman–Crippen LogP) is 2.94. The molecule has 102 valence electrons. The van der Waals surface area contributed by atoms with E-state index in [1.165, 1.54) is 6.07 Å². The van der Waals surface area contributed by atoms with Crippen molar-refractivity contribution in [3.8, 4) is 0 Å². The fourth-order valence-corrected chi connectivity index (χ4v) is 2.40. The molecular weight excluding hydrogens is 253 g/mol. The van der Waals surface area contributed by atoms with E-state index in [4.69, 9.17) is 0 Å². The number of benzene rings is 2. The lowest BCUT2D eigenvalue weighted by atomic mass is 10.2. The third kappa shape index (κ3) is 2.30. The molecular formula is C16H16FN3. The van der Waals surface area contributed by atoms with Gasteiger partial charge in [0.15, 0.2) is 0 Å². The van der Waals surface area contributed by atoms with Crippen molar-refractivity contribution in [1.29, 1.82) is 0 Å². The third-order valence-corrected chi connectivity index (χ3v) is 3.36. The van der Waals surface area contributed by atoms with Crippen molar-refractivity contribution < 1.29 is 4.39 Å². The van der Waals surface area contributed by atoms with Crippen molar-refractivity contribution in [3.05, 3.63) is 65.6 Å². The molecule has 1 aromatic heterocycles. The van der Waals surface area contributed by atoms with Crippen molar-refractivity contribution in [1.82, 2.24) is 15.1 Å². The summed E-state index contributed by atoms with van der Waals surface area (Å²) in [4.78, 5) is 0. The van der Waals surface area contributed by atoms with Gasteiger partial charge in [0.05, 0.1) is 17.8 Å². The Morgan fingerprint density at radius 3 is 2.65 bits per heavy atom. The normalized spacial score (nSPS) is 11.1. The molecule has 1 N–H and O–H groups in total. The molecule has 0 amide bonds. The van der Waals surface area contributed by atoms with E-state index in [1.54, 1.807) is 12.1 Å². The quantitative estimate of drug-likeness (QED) is 0.789. The highest BCUT2D eigenvalue weighted by atomic mass is 19.1. The van der Waals surface area contributed by atoms with Crippen LogP contribution in [0.5, 0.6) is 0 Å². The van der Waals surface area contributed by atoms with Gasteiger partial charge < -0.3 is 5.32 Å². The number of rotatable bonds is 4. The van der Waals surface area contributed by atoms with Crippen molar-refractivity contribution in [2.45, 2.75) is 13.1 Å². The molecule has 3 rings (SSSR count). The van der Waals surface area contributed by atoms with Gasteiger partial charge in [-0.2, -0.15) is 5.10 Å². The Bertz CT molecular complexity index is 733. The monoisotopic (exact) mass is 269 g/mol. The van der Waals surface area contributed by atoms with Gasteiger partial charge >= 0.3 is 0 Å². The summed E-state index contributed by atoms with van der Waals surface area (Å²) in [5.41, 5.74) is 2.66. The van der Waals surface area contributed by atoms with Gasteiger partial charge in [0.2, 0.25) is 0 Å². The number of nitrogens with zero attached hydrogens (tertiary/aromatic N) is 2. The van der Waals surface area contributed by atoms with Crippen molar-refractivity contribution in [3.63, 3.8) is 0 Å². The number of halogens is 1. The highest BCUT2D eigenvalue weighted by molar-refractivity contribution is 5.82. The molecule has 0 saturated heterocycles. The van der Waals surface area contributed by atoms with Gasteiger partial charge in [-0.05, 0) is 19.2 Å². The van der Waals surface area contributed by atoms with Gasteiger partial charge in [-0.3, -0.25) is 4.68 Å². The number of para-hydroxylation sites is 1. The Hall–Kier alpha value is -2.20. The highest BCUT2D eigenvalue weighted by Crippen LogP contribution is 2.20. The number of fused-ring (bicyclic) bond motifs is 1. The largest absolute Gasteiger partial charge is 0.314 e. The van der Waals surface area contributed by atoms with Crippen LogP contribution in [0.3, 0.4) is 0 Å². The Balaban J connectivity index is 2.05. The van der Waals surface area contributed by atoms with Gasteiger partial charge in [-0.1, -0.05) is 36.4 Å². The van der Waals surface area contributed by atoms with Crippen molar-refractivity contribution in [2.75, 3.05) is 7.05 Å². The maximum atomic E-state index is 13.8. The molecule has 0 atom stereocenters. The second kappa shape index (κ2) is 5.43. The lowest BCUT2D eigenvalue weighted by Gasteiger charge is -2.04. The van der Waals surface area contributed by atoms with E-state index in [0.717, 1.165) is 16.6 Å². The zero-order chi connectivity index (χ0) is 13.9. The first kappa shape index (κ1) is 12.8. The molecule has 0 spiro atoms. The third-order valence-electron chi connectivity index (χ3n) is 3.36. The molecule has 0 radical (unpaired) electrons. The topological polar surface area (TPSA) is 29.9 Å². The molecule has 20 heavy (non-hydrogen) atoms. The van der Waals surface area contributed by atoms with Crippen LogP contribution >= 0.6 is 0 Å². The Kier molecular flexibility index (Phi) is 3.48. The van der Waals surface area contributed by atoms with Gasteiger partial charge in [-0.15, -0.1) is 0 Å². The molecule has 0 bridgehead atoms. The first-order valence-electron chi connectivity index (χ1n) is 6.62. The predicted molar refractivity (Wildman–Crippen MR) is 78.0 cm³/mol. The van der Waals surface area contributed by atoms with Crippen LogP contribution in [-0.4, -0.2) is 16.8 Å². The average molecular weight is 269 g/mol. The number of hydrogen-bond donors (Lipinski definition) is 1. The summed E-state index contributed by atoms with van der Waals surface area (Å²) in [7, 11) is 1.89. The molecule has 0 fully saturated rings. The number of nitrogens with one attached hydrogen (secondary N) is 1. The highest BCUT2D eigenvalue weighted by Gasteiger charge is 2.10. The van der Waals surface area contributed by atoms with Crippen LogP contribution in [0.15, 0.2) is 48.5 Å². The van der Waals surface area contributed by atoms with Crippen molar-refractivity contribution in [2.24, 2.45) is 0 Å². The Labute approximate surface area is 117 Å². The van der Waals surface area contributed by atoms with E-state index in [2.05, 4.69) is 10.4 Å². The molecule has 0 aliphatic carbocycles. The van der Waals surface area contributed by atoms with Gasteiger partial charge in [0, 0.05) is 17.5 Å². The molecule has 0 aliphatic heterocycles. The standard InChI is InChI=1S/C16H16FN3/c1-18-10-15-13-7-3-5-9-16(13)20(19-15)11-12-6-2-4-8-14(12)17/h2-9,18H,10-11H2,1H3. The fourth-order valence-electron chi connectivity index (χ4n) is 2.40. The van der Waals surface area contributed by atoms with E-state index in [1.807, 2.05) is 42.1 Å². The summed E-state index contributed by atoms with van der Waals surface area (Å²) >= 11 is 0. The molecule has 0 aliphatic rings. The SMILES string of the molecule is CNCc1nn(Cc2ccccc2F)c2ccccc12. The first-order chi connectivity index (χ1) is 9.79. The first-order valence-corrected chi connectivity index (χ1v) is 6.62. The second-order valence-corrected chi connectivity index (χ2v) is 4.74. The van der Waals surface area contributed by atoms with Crippen LogP contribution in [0.1, 0.15) is 11.3 Å². The molecule has 4 heteroatoms. The van der Waals surface area contributed by atoms with Crippen LogP contribution in [0.25, 0.3) is 10.9 Å². The Morgan fingerprint density at radius 2 is 1.85 bits per heavy atom. The summed E-state index contributed by atoms with van der Waals surface area (Å²) in [6.07, 6.45) is 0. The van der Waals surface area contributed by atoms with Crippen LogP contribution in [0.2, 0.25) is 0 Å². The molecule has 0 unspecified atom stereocenters. The fraction of sp³-hybridized carbons (Fsp3) is 0.188. The Morgan fingerprint density at radius 1 is 1.10 bits per heavy atom. The van der Waals surface area contributed by atoms with E-state index < -0.39 is 0 Å². The van der Waals surface area contributed by atoms with E-state index in [0.29, 0.717) is 18.7 Å². The molecule has 3 nitrogen and oxygen atoms in total. The summed E-state index contributed by atoms with van der Waals surface area (Å²) in [6, 6.07) is 14.9. The van der Waals surface area contributed by atoms with Crippen molar-refractivity contribution >= 4 is 10.9 Å². The van der Waals surface area contributed by atoms with Gasteiger partial charge in [-0.25, -0.2) is 4.39 Å². The lowest BCUT2D eigenvalue weighted by Crippen LogP contribution is -2.08. The van der Waals surface area contributed by atoms with E-state index >= 15 is 0 Å². The smallest absolute Gasteiger partial charge is 0.128 e. The summed E-state index contributed by atoms with van der Waals surface area (Å²) < 4.78 is 15.6.